The van der Waals surface area contributed by atoms with E-state index in [-0.39, 0.29) is 12.5 Å². The molecule has 0 heterocycles. The van der Waals surface area contributed by atoms with Crippen molar-refractivity contribution in [3.05, 3.63) is 28.8 Å². The quantitative estimate of drug-likeness (QED) is 0.804. The Morgan fingerprint density at radius 1 is 1.53 bits per heavy atom. The lowest BCUT2D eigenvalue weighted by Crippen LogP contribution is -2.20. The van der Waals surface area contributed by atoms with Gasteiger partial charge in [-0.25, -0.2) is 0 Å². The van der Waals surface area contributed by atoms with E-state index in [2.05, 4.69) is 0 Å². The summed E-state index contributed by atoms with van der Waals surface area (Å²) >= 11 is 5.89. The number of hydrogen-bond acceptors (Lipinski definition) is 3. The Labute approximate surface area is 94.8 Å². The minimum Gasteiger partial charge on any atom is -0.496 e. The first-order valence-corrected chi connectivity index (χ1v) is 5.22. The topological polar surface area (TPSA) is 55.5 Å². The minimum absolute atomic E-state index is 0.0531. The van der Waals surface area contributed by atoms with Gasteiger partial charge in [0.15, 0.2) is 0 Å². The van der Waals surface area contributed by atoms with Crippen molar-refractivity contribution in [3.63, 3.8) is 0 Å². The van der Waals surface area contributed by atoms with Crippen LogP contribution in [0.5, 0.6) is 5.75 Å². The molecule has 1 unspecified atom stereocenters. The van der Waals surface area contributed by atoms with E-state index in [0.717, 1.165) is 11.3 Å². The number of ether oxygens (including phenoxy) is 1. The Hall–Kier alpha value is -0.770. The average Bonchev–Trinajstić information content (AvgIpc) is 2.26. The first-order chi connectivity index (χ1) is 7.21. The van der Waals surface area contributed by atoms with Crippen LogP contribution < -0.4 is 10.5 Å². The second-order valence-corrected chi connectivity index (χ2v) is 3.88. The molecular formula is C11H16ClNO2. The number of rotatable bonds is 5. The van der Waals surface area contributed by atoms with Crippen LogP contribution in [-0.2, 0) is 6.42 Å². The Morgan fingerprint density at radius 3 is 2.80 bits per heavy atom. The molecule has 0 saturated heterocycles. The Kier molecular flexibility index (Phi) is 4.88. The first kappa shape index (κ1) is 12.3. The third-order valence-corrected chi connectivity index (χ3v) is 2.58. The van der Waals surface area contributed by atoms with Gasteiger partial charge in [0.1, 0.15) is 5.75 Å². The molecule has 15 heavy (non-hydrogen) atoms. The molecule has 84 valence electrons. The molecule has 0 aliphatic heterocycles. The summed E-state index contributed by atoms with van der Waals surface area (Å²) in [5, 5.41) is 9.73. The Bertz CT molecular complexity index is 313. The maximum Gasteiger partial charge on any atom is 0.122 e. The Morgan fingerprint density at radius 2 is 2.27 bits per heavy atom. The van der Waals surface area contributed by atoms with Crippen LogP contribution in [0.4, 0.5) is 0 Å². The summed E-state index contributed by atoms with van der Waals surface area (Å²) < 4.78 is 5.21. The molecule has 4 heteroatoms. The van der Waals surface area contributed by atoms with Gasteiger partial charge in [0.2, 0.25) is 0 Å². The van der Waals surface area contributed by atoms with Gasteiger partial charge in [-0.1, -0.05) is 11.6 Å². The number of benzene rings is 1. The molecular weight excluding hydrogens is 214 g/mol. The van der Waals surface area contributed by atoms with Crippen molar-refractivity contribution < 1.29 is 9.84 Å². The zero-order valence-corrected chi connectivity index (χ0v) is 9.50. The fourth-order valence-electron chi connectivity index (χ4n) is 1.44. The number of halogens is 1. The fraction of sp³-hybridized carbons (Fsp3) is 0.455. The van der Waals surface area contributed by atoms with E-state index in [1.807, 2.05) is 12.1 Å². The van der Waals surface area contributed by atoms with Crippen molar-refractivity contribution in [3.8, 4) is 5.75 Å². The van der Waals surface area contributed by atoms with E-state index in [0.29, 0.717) is 18.0 Å². The van der Waals surface area contributed by atoms with Crippen molar-refractivity contribution >= 4 is 11.6 Å². The molecule has 1 atom stereocenters. The third kappa shape index (κ3) is 3.38. The van der Waals surface area contributed by atoms with E-state index >= 15 is 0 Å². The molecule has 1 aromatic rings. The summed E-state index contributed by atoms with van der Waals surface area (Å²) in [6, 6.07) is 5.45. The lowest BCUT2D eigenvalue weighted by molar-refractivity contribution is 0.229. The third-order valence-electron chi connectivity index (χ3n) is 2.34. The molecule has 3 nitrogen and oxygen atoms in total. The van der Waals surface area contributed by atoms with Gasteiger partial charge < -0.3 is 15.6 Å². The van der Waals surface area contributed by atoms with Crippen LogP contribution in [0.25, 0.3) is 0 Å². The second kappa shape index (κ2) is 5.95. The molecule has 0 spiro atoms. The van der Waals surface area contributed by atoms with Crippen molar-refractivity contribution in [2.24, 2.45) is 11.7 Å². The summed E-state index contributed by atoms with van der Waals surface area (Å²) in [7, 11) is 1.61. The second-order valence-electron chi connectivity index (χ2n) is 3.44. The van der Waals surface area contributed by atoms with Crippen LogP contribution >= 0.6 is 11.6 Å². The lowest BCUT2D eigenvalue weighted by Gasteiger charge is -2.14. The first-order valence-electron chi connectivity index (χ1n) is 4.84. The number of hydrogen-bond donors (Lipinski definition) is 2. The highest BCUT2D eigenvalue weighted by molar-refractivity contribution is 6.30. The smallest absolute Gasteiger partial charge is 0.122 e. The molecule has 0 amide bonds. The molecule has 0 bridgehead atoms. The van der Waals surface area contributed by atoms with Crippen molar-refractivity contribution in [2.45, 2.75) is 6.42 Å². The van der Waals surface area contributed by atoms with Crippen LogP contribution in [0, 0.1) is 5.92 Å². The highest BCUT2D eigenvalue weighted by Crippen LogP contribution is 2.24. The van der Waals surface area contributed by atoms with Gasteiger partial charge in [-0.2, -0.15) is 0 Å². The number of nitrogens with two attached hydrogens (primary N) is 1. The zero-order valence-electron chi connectivity index (χ0n) is 8.74. The lowest BCUT2D eigenvalue weighted by atomic mass is 9.99. The predicted molar refractivity (Wildman–Crippen MR) is 61.3 cm³/mol. The molecule has 0 aliphatic rings. The number of methoxy groups -OCH3 is 1. The maximum absolute atomic E-state index is 9.07. The van der Waals surface area contributed by atoms with Crippen LogP contribution in [0.1, 0.15) is 5.56 Å². The van der Waals surface area contributed by atoms with Gasteiger partial charge in [-0.15, -0.1) is 0 Å². The van der Waals surface area contributed by atoms with Crippen molar-refractivity contribution in [2.75, 3.05) is 20.3 Å². The van der Waals surface area contributed by atoms with Gasteiger partial charge in [0.25, 0.3) is 0 Å². The van der Waals surface area contributed by atoms with E-state index in [1.165, 1.54) is 0 Å². The zero-order chi connectivity index (χ0) is 11.3. The predicted octanol–water partition coefficient (Wildman–Crippen LogP) is 1.46. The Balaban J connectivity index is 2.86. The van der Waals surface area contributed by atoms with Gasteiger partial charge in [0, 0.05) is 11.6 Å². The van der Waals surface area contributed by atoms with Crippen LogP contribution in [-0.4, -0.2) is 25.4 Å². The standard InChI is InChI=1S/C11H16ClNO2/c1-15-11-3-2-10(12)5-9(11)4-8(6-13)7-14/h2-3,5,8,14H,4,6-7,13H2,1H3. The van der Waals surface area contributed by atoms with Crippen LogP contribution in [0.3, 0.4) is 0 Å². The molecule has 0 fully saturated rings. The maximum atomic E-state index is 9.07. The highest BCUT2D eigenvalue weighted by atomic mass is 35.5. The van der Waals surface area contributed by atoms with Gasteiger partial charge in [-0.05, 0) is 42.6 Å². The monoisotopic (exact) mass is 229 g/mol. The number of aliphatic hydroxyl groups is 1. The number of aliphatic hydroxyl groups excluding tert-OH is 1. The van der Waals surface area contributed by atoms with Crippen molar-refractivity contribution in [1.29, 1.82) is 0 Å². The molecule has 1 aromatic carbocycles. The fourth-order valence-corrected chi connectivity index (χ4v) is 1.63. The summed E-state index contributed by atoms with van der Waals surface area (Å²) in [5.41, 5.74) is 6.51. The molecule has 3 N–H and O–H groups in total. The SMILES string of the molecule is COc1ccc(Cl)cc1CC(CN)CO. The highest BCUT2D eigenvalue weighted by Gasteiger charge is 2.10. The molecule has 0 aromatic heterocycles. The van der Waals surface area contributed by atoms with E-state index in [1.54, 1.807) is 13.2 Å². The van der Waals surface area contributed by atoms with E-state index in [9.17, 15) is 0 Å². The molecule has 0 aliphatic carbocycles. The molecule has 0 saturated carbocycles. The minimum atomic E-state index is 0.0531. The van der Waals surface area contributed by atoms with Crippen LogP contribution in [0.15, 0.2) is 18.2 Å². The van der Waals surface area contributed by atoms with Gasteiger partial charge >= 0.3 is 0 Å². The summed E-state index contributed by atoms with van der Waals surface area (Å²) in [4.78, 5) is 0. The summed E-state index contributed by atoms with van der Waals surface area (Å²) in [6.07, 6.45) is 0.677. The van der Waals surface area contributed by atoms with E-state index in [4.69, 9.17) is 27.2 Å². The summed E-state index contributed by atoms with van der Waals surface area (Å²) in [6.45, 7) is 0.526. The largest absolute Gasteiger partial charge is 0.496 e. The average molecular weight is 230 g/mol. The molecule has 1 rings (SSSR count). The van der Waals surface area contributed by atoms with Gasteiger partial charge in [0.05, 0.1) is 7.11 Å². The van der Waals surface area contributed by atoms with Crippen molar-refractivity contribution in [1.82, 2.24) is 0 Å². The van der Waals surface area contributed by atoms with Crippen LogP contribution in [0.2, 0.25) is 5.02 Å². The van der Waals surface area contributed by atoms with E-state index < -0.39 is 0 Å². The van der Waals surface area contributed by atoms with Gasteiger partial charge in [-0.3, -0.25) is 0 Å². The normalized spacial score (nSPS) is 12.5. The summed E-state index contributed by atoms with van der Waals surface area (Å²) in [5.74, 6) is 0.837. The molecule has 0 radical (unpaired) electrons.